The first-order valence-corrected chi connectivity index (χ1v) is 6.55. The molecule has 0 fully saturated rings. The molecule has 3 nitrogen and oxygen atoms in total. The minimum Gasteiger partial charge on any atom is -0.324 e. The predicted molar refractivity (Wildman–Crippen MR) is 77.6 cm³/mol. The molecule has 19 heavy (non-hydrogen) atoms. The molecule has 0 saturated heterocycles. The lowest BCUT2D eigenvalue weighted by molar-refractivity contribution is -0.116. The molecule has 2 aromatic rings. The number of carbonyl (C=O) groups is 1. The maximum absolute atomic E-state index is 11.8. The molecule has 0 atom stereocenters. The normalized spacial score (nSPS) is 10.2. The van der Waals surface area contributed by atoms with E-state index in [1.54, 1.807) is 30.6 Å². The lowest BCUT2D eigenvalue weighted by Gasteiger charge is -2.08. The van der Waals surface area contributed by atoms with E-state index in [0.717, 1.165) is 5.56 Å². The van der Waals surface area contributed by atoms with Crippen molar-refractivity contribution in [3.8, 4) is 0 Å². The minimum atomic E-state index is -0.126. The zero-order valence-electron chi connectivity index (χ0n) is 10.1. The number of nitrogens with zero attached hydrogens (tertiary/aromatic N) is 1. The monoisotopic (exact) mass is 294 g/mol. The first kappa shape index (κ1) is 13.8. The van der Waals surface area contributed by atoms with Gasteiger partial charge >= 0.3 is 0 Å². The lowest BCUT2D eigenvalue weighted by Crippen LogP contribution is -2.13. The third kappa shape index (κ3) is 3.94. The highest BCUT2D eigenvalue weighted by Gasteiger charge is 2.09. The second-order valence-corrected chi connectivity index (χ2v) is 4.82. The smallest absolute Gasteiger partial charge is 0.224 e. The van der Waals surface area contributed by atoms with Gasteiger partial charge in [-0.1, -0.05) is 35.3 Å². The van der Waals surface area contributed by atoms with Gasteiger partial charge < -0.3 is 5.32 Å². The molecule has 98 valence electrons. The van der Waals surface area contributed by atoms with Crippen molar-refractivity contribution in [2.45, 2.75) is 12.8 Å². The molecule has 1 heterocycles. The fraction of sp³-hybridized carbons (Fsp3) is 0.143. The number of aromatic nitrogens is 1. The third-order valence-corrected chi connectivity index (χ3v) is 3.22. The molecule has 0 aliphatic carbocycles. The second kappa shape index (κ2) is 6.55. The van der Waals surface area contributed by atoms with Gasteiger partial charge in [0.1, 0.15) is 0 Å². The van der Waals surface area contributed by atoms with Gasteiger partial charge in [0.05, 0.1) is 15.7 Å². The van der Waals surface area contributed by atoms with Crippen molar-refractivity contribution >= 4 is 34.8 Å². The number of carbonyl (C=O) groups excluding carboxylic acids is 1. The molecule has 2 rings (SSSR count). The highest BCUT2D eigenvalue weighted by molar-refractivity contribution is 6.39. The average Bonchev–Trinajstić information content (AvgIpc) is 2.42. The van der Waals surface area contributed by atoms with Crippen LogP contribution in [0.15, 0.2) is 42.7 Å². The van der Waals surface area contributed by atoms with Gasteiger partial charge in [-0.25, -0.2) is 0 Å². The summed E-state index contributed by atoms with van der Waals surface area (Å²) in [5, 5.41) is 3.59. The maximum Gasteiger partial charge on any atom is 0.224 e. The van der Waals surface area contributed by atoms with E-state index in [9.17, 15) is 4.79 Å². The van der Waals surface area contributed by atoms with E-state index in [0.29, 0.717) is 28.6 Å². The van der Waals surface area contributed by atoms with Crippen LogP contribution in [-0.2, 0) is 11.2 Å². The van der Waals surface area contributed by atoms with E-state index in [2.05, 4.69) is 10.3 Å². The molecule has 1 aromatic carbocycles. The Bertz CT molecular complexity index is 553. The number of rotatable bonds is 4. The summed E-state index contributed by atoms with van der Waals surface area (Å²) < 4.78 is 0. The van der Waals surface area contributed by atoms with Crippen LogP contribution in [0.2, 0.25) is 10.0 Å². The average molecular weight is 295 g/mol. The number of para-hydroxylation sites is 1. The summed E-state index contributed by atoms with van der Waals surface area (Å²) in [6.07, 6.45) is 4.43. The summed E-state index contributed by atoms with van der Waals surface area (Å²) in [5.74, 6) is -0.126. The summed E-state index contributed by atoms with van der Waals surface area (Å²) in [6, 6.07) is 8.88. The van der Waals surface area contributed by atoms with Gasteiger partial charge in [0, 0.05) is 18.8 Å². The molecule has 0 aliphatic rings. The zero-order valence-corrected chi connectivity index (χ0v) is 11.6. The highest BCUT2D eigenvalue weighted by atomic mass is 35.5. The van der Waals surface area contributed by atoms with E-state index in [4.69, 9.17) is 23.2 Å². The van der Waals surface area contributed by atoms with Crippen LogP contribution in [0, 0.1) is 0 Å². The summed E-state index contributed by atoms with van der Waals surface area (Å²) in [6.45, 7) is 0. The molecule has 0 unspecified atom stereocenters. The summed E-state index contributed by atoms with van der Waals surface area (Å²) >= 11 is 12.0. The van der Waals surface area contributed by atoms with Gasteiger partial charge in [-0.2, -0.15) is 0 Å². The Kier molecular flexibility index (Phi) is 4.77. The van der Waals surface area contributed by atoms with Crippen LogP contribution in [0.25, 0.3) is 0 Å². The number of nitrogens with one attached hydrogen (secondary N) is 1. The number of benzene rings is 1. The lowest BCUT2D eigenvalue weighted by atomic mass is 10.1. The van der Waals surface area contributed by atoms with E-state index >= 15 is 0 Å². The SMILES string of the molecule is O=C(CCc1cccnc1)Nc1c(Cl)cccc1Cl. The summed E-state index contributed by atoms with van der Waals surface area (Å²) in [5.41, 5.74) is 1.48. The number of anilines is 1. The fourth-order valence-corrected chi connectivity index (χ4v) is 2.11. The van der Waals surface area contributed by atoms with E-state index in [1.165, 1.54) is 0 Å². The van der Waals surface area contributed by atoms with Gasteiger partial charge in [0.25, 0.3) is 0 Å². The summed E-state index contributed by atoms with van der Waals surface area (Å²) in [7, 11) is 0. The molecule has 0 bridgehead atoms. The van der Waals surface area contributed by atoms with Crippen molar-refractivity contribution in [2.75, 3.05) is 5.32 Å². The van der Waals surface area contributed by atoms with E-state index < -0.39 is 0 Å². The number of amides is 1. The third-order valence-electron chi connectivity index (χ3n) is 2.59. The van der Waals surface area contributed by atoms with Crippen LogP contribution < -0.4 is 5.32 Å². The van der Waals surface area contributed by atoms with E-state index in [-0.39, 0.29) is 5.91 Å². The van der Waals surface area contributed by atoms with Crippen molar-refractivity contribution in [1.29, 1.82) is 0 Å². The Hall–Kier alpha value is -1.58. The van der Waals surface area contributed by atoms with Crippen molar-refractivity contribution in [1.82, 2.24) is 4.98 Å². The van der Waals surface area contributed by atoms with Gasteiger partial charge in [-0.3, -0.25) is 9.78 Å². The minimum absolute atomic E-state index is 0.126. The van der Waals surface area contributed by atoms with Gasteiger partial charge in [-0.15, -0.1) is 0 Å². The molecule has 0 saturated carbocycles. The van der Waals surface area contributed by atoms with Crippen LogP contribution in [0.4, 0.5) is 5.69 Å². The molecular formula is C14H12Cl2N2O. The molecule has 1 N–H and O–H groups in total. The number of hydrogen-bond donors (Lipinski definition) is 1. The van der Waals surface area contributed by atoms with Gasteiger partial charge in [0.15, 0.2) is 0 Å². The number of hydrogen-bond acceptors (Lipinski definition) is 2. The molecule has 0 radical (unpaired) electrons. The number of halogens is 2. The van der Waals surface area contributed by atoms with Crippen LogP contribution in [0.1, 0.15) is 12.0 Å². The molecule has 0 spiro atoms. The Morgan fingerprint density at radius 2 is 1.89 bits per heavy atom. The highest BCUT2D eigenvalue weighted by Crippen LogP contribution is 2.29. The van der Waals surface area contributed by atoms with Crippen molar-refractivity contribution < 1.29 is 4.79 Å². The Labute approximate surface area is 121 Å². The molecule has 1 aromatic heterocycles. The van der Waals surface area contributed by atoms with Crippen LogP contribution >= 0.6 is 23.2 Å². The Balaban J connectivity index is 1.95. The van der Waals surface area contributed by atoms with Crippen molar-refractivity contribution in [3.05, 3.63) is 58.3 Å². The molecule has 0 aliphatic heterocycles. The Morgan fingerprint density at radius 1 is 1.16 bits per heavy atom. The predicted octanol–water partition coefficient (Wildman–Crippen LogP) is 3.96. The first-order chi connectivity index (χ1) is 9.16. The largest absolute Gasteiger partial charge is 0.324 e. The fourth-order valence-electron chi connectivity index (χ4n) is 1.62. The molecule has 5 heteroatoms. The van der Waals surface area contributed by atoms with Crippen molar-refractivity contribution in [2.24, 2.45) is 0 Å². The quantitative estimate of drug-likeness (QED) is 0.927. The first-order valence-electron chi connectivity index (χ1n) is 5.79. The summed E-state index contributed by atoms with van der Waals surface area (Å²) in [4.78, 5) is 15.8. The van der Waals surface area contributed by atoms with Gasteiger partial charge in [0.2, 0.25) is 5.91 Å². The van der Waals surface area contributed by atoms with E-state index in [1.807, 2.05) is 12.1 Å². The second-order valence-electron chi connectivity index (χ2n) is 4.01. The van der Waals surface area contributed by atoms with Crippen LogP contribution in [0.3, 0.4) is 0 Å². The van der Waals surface area contributed by atoms with Crippen molar-refractivity contribution in [3.63, 3.8) is 0 Å². The maximum atomic E-state index is 11.8. The molecular weight excluding hydrogens is 283 g/mol. The Morgan fingerprint density at radius 3 is 2.53 bits per heavy atom. The number of aryl methyl sites for hydroxylation is 1. The van der Waals surface area contributed by atoms with Crippen LogP contribution in [0.5, 0.6) is 0 Å². The topological polar surface area (TPSA) is 42.0 Å². The van der Waals surface area contributed by atoms with Gasteiger partial charge in [-0.05, 0) is 30.2 Å². The van der Waals surface area contributed by atoms with Crippen LogP contribution in [-0.4, -0.2) is 10.9 Å². The zero-order chi connectivity index (χ0) is 13.7. The standard InChI is InChI=1S/C14H12Cl2N2O/c15-11-4-1-5-12(16)14(11)18-13(19)7-6-10-3-2-8-17-9-10/h1-5,8-9H,6-7H2,(H,18,19). The molecule has 1 amide bonds. The number of pyridine rings is 1.